The van der Waals surface area contributed by atoms with Gasteiger partial charge in [0.15, 0.2) is 0 Å². The zero-order valence-corrected chi connectivity index (χ0v) is 15.7. The Balaban J connectivity index is 1.32. The lowest BCUT2D eigenvalue weighted by Gasteiger charge is -2.34. The second-order valence-corrected chi connectivity index (χ2v) is 8.34. The van der Waals surface area contributed by atoms with Crippen LogP contribution >= 0.6 is 0 Å². The molecule has 0 spiro atoms. The van der Waals surface area contributed by atoms with Crippen molar-refractivity contribution in [3.8, 4) is 0 Å². The van der Waals surface area contributed by atoms with E-state index < -0.39 is 0 Å². The second kappa shape index (κ2) is 6.69. The Bertz CT molecular complexity index is 768. The van der Waals surface area contributed by atoms with E-state index in [-0.39, 0.29) is 0 Å². The van der Waals surface area contributed by atoms with Crippen molar-refractivity contribution < 1.29 is 0 Å². The first-order chi connectivity index (χ1) is 12.8. The van der Waals surface area contributed by atoms with Crippen LogP contribution in [0.1, 0.15) is 67.1 Å². The summed E-state index contributed by atoms with van der Waals surface area (Å²) in [4.78, 5) is 7.50. The third-order valence-electron chi connectivity index (χ3n) is 6.74. The maximum atomic E-state index is 4.76. The van der Waals surface area contributed by atoms with Gasteiger partial charge in [0.25, 0.3) is 0 Å². The molecule has 0 amide bonds. The predicted molar refractivity (Wildman–Crippen MR) is 104 cm³/mol. The standard InChI is InChI=1S/C21H29N5/c1-25-14-17(12-24-25)20-13-23-21-19(20)10-16(11-22-21)15-4-6-18(7-5-15)26-8-2-3-9-26/h10-12,14-15,18,20H,2-9,13H2,1H3,(H,22,23). The van der Waals surface area contributed by atoms with Crippen LogP contribution in [0.5, 0.6) is 0 Å². The molecule has 2 aromatic rings. The molecule has 0 bridgehead atoms. The van der Waals surface area contributed by atoms with Crippen molar-refractivity contribution in [1.29, 1.82) is 0 Å². The number of hydrogen-bond acceptors (Lipinski definition) is 4. The van der Waals surface area contributed by atoms with Crippen LogP contribution in [-0.2, 0) is 7.05 Å². The van der Waals surface area contributed by atoms with Crippen LogP contribution in [0.2, 0.25) is 0 Å². The monoisotopic (exact) mass is 351 g/mol. The summed E-state index contributed by atoms with van der Waals surface area (Å²) in [5.74, 6) is 2.13. The molecule has 1 unspecified atom stereocenters. The first-order valence-electron chi connectivity index (χ1n) is 10.2. The maximum Gasteiger partial charge on any atom is 0.129 e. The molecule has 1 N–H and O–H groups in total. The van der Waals surface area contributed by atoms with Gasteiger partial charge in [0.1, 0.15) is 5.82 Å². The Morgan fingerprint density at radius 3 is 2.58 bits per heavy atom. The zero-order valence-electron chi connectivity index (χ0n) is 15.7. The van der Waals surface area contributed by atoms with Gasteiger partial charge in [-0.3, -0.25) is 4.68 Å². The van der Waals surface area contributed by atoms with Crippen LogP contribution < -0.4 is 5.32 Å². The van der Waals surface area contributed by atoms with Gasteiger partial charge in [-0.25, -0.2) is 4.98 Å². The van der Waals surface area contributed by atoms with E-state index in [0.29, 0.717) is 11.8 Å². The van der Waals surface area contributed by atoms with Crippen LogP contribution in [0.15, 0.2) is 24.7 Å². The predicted octanol–water partition coefficient (Wildman–Crippen LogP) is 3.49. The smallest absolute Gasteiger partial charge is 0.129 e. The Morgan fingerprint density at radius 2 is 1.85 bits per heavy atom. The van der Waals surface area contributed by atoms with Crippen molar-refractivity contribution in [1.82, 2.24) is 19.7 Å². The van der Waals surface area contributed by atoms with Gasteiger partial charge in [-0.1, -0.05) is 0 Å². The summed E-state index contributed by atoms with van der Waals surface area (Å²) in [6, 6.07) is 3.27. The van der Waals surface area contributed by atoms with Crippen molar-refractivity contribution in [2.24, 2.45) is 7.05 Å². The molecule has 1 saturated heterocycles. The number of pyridine rings is 1. The zero-order chi connectivity index (χ0) is 17.5. The number of rotatable bonds is 3. The quantitative estimate of drug-likeness (QED) is 0.919. The fourth-order valence-corrected chi connectivity index (χ4v) is 5.24. The highest BCUT2D eigenvalue weighted by atomic mass is 15.2. The first-order valence-corrected chi connectivity index (χ1v) is 10.2. The van der Waals surface area contributed by atoms with Crippen LogP contribution in [-0.4, -0.2) is 45.3 Å². The van der Waals surface area contributed by atoms with Gasteiger partial charge in [-0.2, -0.15) is 5.10 Å². The van der Waals surface area contributed by atoms with Gasteiger partial charge in [0.05, 0.1) is 6.20 Å². The van der Waals surface area contributed by atoms with Crippen molar-refractivity contribution in [2.45, 2.75) is 56.4 Å². The fraction of sp³-hybridized carbons (Fsp3) is 0.619. The lowest BCUT2D eigenvalue weighted by atomic mass is 9.81. The van der Waals surface area contributed by atoms with Crippen LogP contribution in [0.25, 0.3) is 0 Å². The minimum absolute atomic E-state index is 0.382. The van der Waals surface area contributed by atoms with E-state index >= 15 is 0 Å². The summed E-state index contributed by atoms with van der Waals surface area (Å²) in [7, 11) is 1.99. The summed E-state index contributed by atoms with van der Waals surface area (Å²) >= 11 is 0. The van der Waals surface area contributed by atoms with Crippen LogP contribution in [0.3, 0.4) is 0 Å². The summed E-state index contributed by atoms with van der Waals surface area (Å²) < 4.78 is 1.89. The minimum Gasteiger partial charge on any atom is -0.369 e. The minimum atomic E-state index is 0.382. The highest BCUT2D eigenvalue weighted by Crippen LogP contribution is 2.40. The Hall–Kier alpha value is -1.88. The van der Waals surface area contributed by atoms with Crippen LogP contribution in [0.4, 0.5) is 5.82 Å². The van der Waals surface area contributed by atoms with E-state index in [1.807, 2.05) is 17.9 Å². The molecule has 5 rings (SSSR count). The topological polar surface area (TPSA) is 46.0 Å². The normalized spacial score (nSPS) is 28.9. The van der Waals surface area contributed by atoms with Gasteiger partial charge in [-0.05, 0) is 74.7 Å². The molecular weight excluding hydrogens is 322 g/mol. The number of likely N-dealkylation sites (tertiary alicyclic amines) is 1. The summed E-state index contributed by atoms with van der Waals surface area (Å²) in [5.41, 5.74) is 4.09. The first kappa shape index (κ1) is 16.3. The summed E-state index contributed by atoms with van der Waals surface area (Å²) in [6.07, 6.45) is 14.4. The average Bonchev–Trinajstić information content (AvgIpc) is 3.42. The molecule has 5 heteroatoms. The Labute approximate surface area is 155 Å². The molecule has 3 aliphatic rings. The van der Waals surface area contributed by atoms with E-state index in [4.69, 9.17) is 4.98 Å². The summed E-state index contributed by atoms with van der Waals surface area (Å²) in [6.45, 7) is 3.58. The molecule has 5 nitrogen and oxygen atoms in total. The lowest BCUT2D eigenvalue weighted by Crippen LogP contribution is -2.35. The van der Waals surface area contributed by atoms with Gasteiger partial charge in [-0.15, -0.1) is 0 Å². The molecule has 1 atom stereocenters. The van der Waals surface area contributed by atoms with Gasteiger partial charge in [0.2, 0.25) is 0 Å². The second-order valence-electron chi connectivity index (χ2n) is 8.34. The van der Waals surface area contributed by atoms with Gasteiger partial charge >= 0.3 is 0 Å². The number of hydrogen-bond donors (Lipinski definition) is 1. The number of aromatic nitrogens is 3. The van der Waals surface area contributed by atoms with Crippen molar-refractivity contribution >= 4 is 5.82 Å². The van der Waals surface area contributed by atoms with Gasteiger partial charge in [0, 0.05) is 43.5 Å². The molecule has 2 aliphatic heterocycles. The molecule has 26 heavy (non-hydrogen) atoms. The molecule has 138 valence electrons. The number of aryl methyl sites for hydroxylation is 1. The SMILES string of the molecule is Cn1cc(C2CNc3ncc(C4CCC(N5CCCC5)CC4)cc32)cn1. The molecular formula is C21H29N5. The number of anilines is 1. The Kier molecular flexibility index (Phi) is 4.20. The van der Waals surface area contributed by atoms with Gasteiger partial charge < -0.3 is 10.2 Å². The third kappa shape index (κ3) is 2.92. The van der Waals surface area contributed by atoms with E-state index in [0.717, 1.165) is 18.4 Å². The summed E-state index contributed by atoms with van der Waals surface area (Å²) in [5, 5.41) is 7.83. The maximum absolute atomic E-state index is 4.76. The molecule has 4 heterocycles. The number of nitrogens with one attached hydrogen (secondary N) is 1. The van der Waals surface area contributed by atoms with E-state index in [9.17, 15) is 0 Å². The number of nitrogens with zero attached hydrogens (tertiary/aromatic N) is 4. The van der Waals surface area contributed by atoms with Crippen molar-refractivity contribution in [3.05, 3.63) is 41.3 Å². The average molecular weight is 351 g/mol. The van der Waals surface area contributed by atoms with E-state index in [2.05, 4.69) is 33.8 Å². The third-order valence-corrected chi connectivity index (χ3v) is 6.74. The highest BCUT2D eigenvalue weighted by molar-refractivity contribution is 5.56. The Morgan fingerprint density at radius 1 is 1.04 bits per heavy atom. The molecule has 2 fully saturated rings. The van der Waals surface area contributed by atoms with Crippen molar-refractivity contribution in [3.63, 3.8) is 0 Å². The highest BCUT2D eigenvalue weighted by Gasteiger charge is 2.30. The lowest BCUT2D eigenvalue weighted by molar-refractivity contribution is 0.182. The molecule has 2 aromatic heterocycles. The van der Waals surface area contributed by atoms with E-state index in [1.165, 1.54) is 68.3 Å². The molecule has 1 saturated carbocycles. The fourth-order valence-electron chi connectivity index (χ4n) is 5.24. The molecule has 1 aliphatic carbocycles. The largest absolute Gasteiger partial charge is 0.369 e. The number of fused-ring (bicyclic) bond motifs is 1. The molecule has 0 radical (unpaired) electrons. The van der Waals surface area contributed by atoms with Crippen LogP contribution in [0, 0.1) is 0 Å². The van der Waals surface area contributed by atoms with E-state index in [1.54, 1.807) is 0 Å². The molecule has 0 aromatic carbocycles. The van der Waals surface area contributed by atoms with Crippen molar-refractivity contribution in [2.75, 3.05) is 25.0 Å².